The molecule has 0 spiro atoms. The fourth-order valence-corrected chi connectivity index (χ4v) is 9.13. The number of methoxy groups -OCH3 is 1. The number of nitrogens with one attached hydrogen (secondary N) is 2. The highest BCUT2D eigenvalue weighted by Gasteiger charge is 2.67. The molecule has 0 aromatic carbocycles. The molecule has 25 nitrogen and oxygen atoms in total. The number of aliphatic hydroxyl groups excluding tert-OH is 1. The number of ether oxygens (including phenoxy) is 3. The maximum absolute atomic E-state index is 12.8. The minimum atomic E-state index is -2.78. The minimum absolute atomic E-state index is 0.0569. The lowest BCUT2D eigenvalue weighted by atomic mass is 9.94. The highest BCUT2D eigenvalue weighted by Crippen LogP contribution is 2.42. The number of aliphatic carboxylic acids is 2. The molecule has 7 N–H and O–H groups in total. The summed E-state index contributed by atoms with van der Waals surface area (Å²) in [4.78, 5) is 95.4. The summed E-state index contributed by atoms with van der Waals surface area (Å²) >= 11 is 3.50. The Morgan fingerprint density at radius 2 is 1.85 bits per heavy atom. The van der Waals surface area contributed by atoms with Crippen LogP contribution in [0.1, 0.15) is 12.6 Å². The smallest absolute Gasteiger partial charge is 0.352 e. The van der Waals surface area contributed by atoms with E-state index in [4.69, 9.17) is 25.1 Å². The Labute approximate surface area is 363 Å². The van der Waals surface area contributed by atoms with Gasteiger partial charge in [-0.05, 0) is 16.0 Å². The Morgan fingerprint density at radius 3 is 2.45 bits per heavy atom. The van der Waals surface area contributed by atoms with Crippen molar-refractivity contribution >= 4 is 99.0 Å². The zero-order chi connectivity index (χ0) is 45.5. The number of thioether (sulfide) groups is 3. The average Bonchev–Trinajstić information content (AvgIpc) is 3.88. The van der Waals surface area contributed by atoms with Crippen molar-refractivity contribution in [1.82, 2.24) is 45.6 Å². The first-order valence-corrected chi connectivity index (χ1v) is 21.3. The lowest BCUT2D eigenvalue weighted by Gasteiger charge is -2.55. The third-order valence-electron chi connectivity index (χ3n) is 8.63. The number of fused-ring (bicyclic) bond motifs is 2. The number of carboxylic acid groups (broad SMARTS) is 2. The van der Waals surface area contributed by atoms with Crippen molar-refractivity contribution in [2.75, 3.05) is 57.0 Å². The van der Waals surface area contributed by atoms with Crippen LogP contribution in [0.4, 0.5) is 13.9 Å². The molecule has 4 atom stereocenters. The predicted molar refractivity (Wildman–Crippen MR) is 210 cm³/mol. The molecular weight excluding hydrogens is 917 g/mol. The second-order valence-corrected chi connectivity index (χ2v) is 16.4. The van der Waals surface area contributed by atoms with E-state index in [1.54, 1.807) is 0 Å². The van der Waals surface area contributed by atoms with Gasteiger partial charge in [-0.1, -0.05) is 28.7 Å². The van der Waals surface area contributed by atoms with Gasteiger partial charge in [0.05, 0.1) is 25.5 Å². The number of hydrogen-bond acceptors (Lipinski definition) is 22. The third-order valence-corrected chi connectivity index (χ3v) is 12.4. The van der Waals surface area contributed by atoms with Crippen LogP contribution in [0.15, 0.2) is 38.2 Å². The molecular formula is C31H35F2N11O14S4. The van der Waals surface area contributed by atoms with E-state index in [9.17, 15) is 52.6 Å². The number of aliphatic hydroxyl groups is 1. The number of aromatic nitrogens is 5. The maximum atomic E-state index is 12.8. The van der Waals surface area contributed by atoms with Crippen LogP contribution in [0.5, 0.6) is 0 Å². The molecule has 6 rings (SSSR count). The summed E-state index contributed by atoms with van der Waals surface area (Å²) in [6.45, 7) is 0.707. The van der Waals surface area contributed by atoms with Gasteiger partial charge in [0.1, 0.15) is 42.2 Å². The molecule has 0 unspecified atom stereocenters. The lowest BCUT2D eigenvalue weighted by Crippen LogP contribution is -2.82. The number of nitrogens with zero attached hydrogens (tertiary/aromatic N) is 8. The predicted octanol–water partition coefficient (Wildman–Crippen LogP) is -1.91. The van der Waals surface area contributed by atoms with Crippen LogP contribution >= 0.6 is 46.6 Å². The summed E-state index contributed by atoms with van der Waals surface area (Å²) in [5, 5.41) is 49.1. The molecule has 2 fully saturated rings. The largest absolute Gasteiger partial charge is 0.477 e. The Balaban J connectivity index is 0.000000235. The van der Waals surface area contributed by atoms with Gasteiger partial charge in [-0.15, -0.1) is 28.2 Å². The number of tetrazole rings is 1. The van der Waals surface area contributed by atoms with Crippen LogP contribution in [-0.4, -0.2) is 178 Å². The number of carbonyl (C=O) groups excluding carboxylic acids is 5. The molecule has 0 aliphatic carbocycles. The average molecular weight is 952 g/mol. The van der Waals surface area contributed by atoms with Crippen molar-refractivity contribution in [3.63, 3.8) is 0 Å². The van der Waals surface area contributed by atoms with E-state index in [2.05, 4.69) is 41.1 Å². The maximum Gasteiger partial charge on any atom is 0.352 e. The fraction of sp³-hybridized carbons (Fsp3) is 0.484. The van der Waals surface area contributed by atoms with E-state index >= 15 is 0 Å². The molecule has 31 heteroatoms. The molecule has 336 valence electrons. The Morgan fingerprint density at radius 1 is 1.15 bits per heavy atom. The molecule has 2 aromatic heterocycles. The zero-order valence-electron chi connectivity index (χ0n) is 32.2. The molecule has 2 saturated heterocycles. The normalized spacial score (nSPS) is 21.9. The number of amides is 4. The van der Waals surface area contributed by atoms with E-state index in [0.717, 1.165) is 40.0 Å². The second-order valence-electron chi connectivity index (χ2n) is 12.4. The standard InChI is InChI=1S/C16H17N5O7S2.C15H18F2N6O7S2/c1-6(22)28-3-7-4-29-14-10(13(24)21(14)11(7)15(25)26)19-12(23)9(20-27-2)8-5-30-16(17)18-8;1-29-15(18-8(25)6-31-13(16)17)11(28)23-9(10(26)27)7(4-30-12(15)23)5-32-14-19-20-21-22(14)2-3-24/h5,10,14H,3-4H2,1-2H3,(H2,17,18)(H,19,23)(H,25,26);12-13,24H,2-6H2,1H3,(H,18,25)(H,26,27)/b20-9-;/t10-,14-;12-,15+/m11/s1. The van der Waals surface area contributed by atoms with Crippen LogP contribution in [0.25, 0.3) is 0 Å². The van der Waals surface area contributed by atoms with Crippen LogP contribution in [0.3, 0.4) is 0 Å². The van der Waals surface area contributed by atoms with Gasteiger partial charge in [0.25, 0.3) is 29.2 Å². The SMILES string of the molecule is CO/N=C(\C(=O)N[C@@H]1C(=O)N2C(C(=O)O)=C(COC(C)=O)CS[C@H]12)c1csc(N)n1.CO[C@@]1(NC(=O)CSC(F)F)C(=O)N2C(C(=O)O)=C(CSc3nnnn3CCO)CO[C@@H]21. The molecule has 0 radical (unpaired) electrons. The third kappa shape index (κ3) is 10.1. The van der Waals surface area contributed by atoms with Crippen LogP contribution in [0.2, 0.25) is 0 Å². The molecule has 2 aromatic rings. The van der Waals surface area contributed by atoms with Crippen molar-refractivity contribution in [2.24, 2.45) is 5.16 Å². The summed E-state index contributed by atoms with van der Waals surface area (Å²) in [7, 11) is 2.36. The van der Waals surface area contributed by atoms with Gasteiger partial charge in [0.2, 0.25) is 11.1 Å². The molecule has 4 amide bonds. The van der Waals surface area contributed by atoms with Gasteiger partial charge >= 0.3 is 17.9 Å². The van der Waals surface area contributed by atoms with Gasteiger partial charge < -0.3 is 50.7 Å². The number of esters is 1. The molecule has 6 heterocycles. The number of carboxylic acids is 2. The van der Waals surface area contributed by atoms with Gasteiger partial charge in [-0.25, -0.2) is 19.3 Å². The number of halogens is 2. The first-order chi connectivity index (χ1) is 29.5. The Hall–Kier alpha value is -5.47. The van der Waals surface area contributed by atoms with Crippen LogP contribution < -0.4 is 16.4 Å². The van der Waals surface area contributed by atoms with E-state index in [1.165, 1.54) is 35.9 Å². The van der Waals surface area contributed by atoms with Gasteiger partial charge in [-0.3, -0.25) is 33.8 Å². The quantitative estimate of drug-likeness (QED) is 0.0237. The first-order valence-electron chi connectivity index (χ1n) is 17.3. The number of nitrogen functional groups attached to an aromatic ring is 1. The number of thiazole rings is 1. The van der Waals surface area contributed by atoms with Gasteiger partial charge in [0.15, 0.2) is 17.1 Å². The number of nitrogens with two attached hydrogens (primary N) is 1. The number of carbonyl (C=O) groups is 7. The zero-order valence-corrected chi connectivity index (χ0v) is 35.5. The Kier molecular flexibility index (Phi) is 15.8. The van der Waals surface area contributed by atoms with Crippen LogP contribution in [-0.2, 0) is 59.2 Å². The summed E-state index contributed by atoms with van der Waals surface area (Å²) in [6, 6.07) is -0.967. The number of anilines is 1. The van der Waals surface area contributed by atoms with E-state index in [1.807, 2.05) is 0 Å². The summed E-state index contributed by atoms with van der Waals surface area (Å²) < 4.78 is 41.6. The summed E-state index contributed by atoms with van der Waals surface area (Å²) in [5.41, 5.74) is 3.54. The topological polar surface area (TPSA) is 343 Å². The van der Waals surface area contributed by atoms with E-state index in [0.29, 0.717) is 10.7 Å². The van der Waals surface area contributed by atoms with E-state index < -0.39 is 76.4 Å². The van der Waals surface area contributed by atoms with Gasteiger partial charge in [0, 0.05) is 36.5 Å². The van der Waals surface area contributed by atoms with Crippen molar-refractivity contribution < 1.29 is 76.7 Å². The number of oxime groups is 1. The van der Waals surface area contributed by atoms with Crippen molar-refractivity contribution in [2.45, 2.75) is 47.8 Å². The highest BCUT2D eigenvalue weighted by atomic mass is 32.2. The van der Waals surface area contributed by atoms with Crippen molar-refractivity contribution in [1.29, 1.82) is 0 Å². The van der Waals surface area contributed by atoms with Gasteiger partial charge in [-0.2, -0.15) is 8.78 Å². The second kappa shape index (κ2) is 20.6. The molecule has 0 bridgehead atoms. The molecule has 4 aliphatic rings. The number of β-lactam (4-membered cyclic amide) rings is 2. The first kappa shape index (κ1) is 47.6. The number of rotatable bonds is 18. The Bertz CT molecular complexity index is 2210. The monoisotopic (exact) mass is 951 g/mol. The molecule has 62 heavy (non-hydrogen) atoms. The molecule has 0 saturated carbocycles. The van der Waals surface area contributed by atoms with Crippen LogP contribution in [0, 0.1) is 0 Å². The van der Waals surface area contributed by atoms with E-state index in [-0.39, 0.29) is 83.1 Å². The van der Waals surface area contributed by atoms with Crippen molar-refractivity contribution in [3.8, 4) is 0 Å². The minimum Gasteiger partial charge on any atom is -0.477 e. The number of alkyl halides is 2. The summed E-state index contributed by atoms with van der Waals surface area (Å²) in [5.74, 6) is -9.54. The molecule has 4 aliphatic heterocycles. The van der Waals surface area contributed by atoms with Crippen molar-refractivity contribution in [3.05, 3.63) is 33.6 Å². The summed E-state index contributed by atoms with van der Waals surface area (Å²) in [6.07, 6.45) is -1.29. The highest BCUT2D eigenvalue weighted by molar-refractivity contribution is 8.00. The number of hydrogen-bond donors (Lipinski definition) is 6. The lowest BCUT2D eigenvalue weighted by molar-refractivity contribution is -0.257. The fourth-order valence-electron chi connectivity index (χ4n) is 6.01.